The van der Waals surface area contributed by atoms with Crippen molar-refractivity contribution in [3.63, 3.8) is 0 Å². The van der Waals surface area contributed by atoms with Crippen LogP contribution >= 0.6 is 0 Å². The van der Waals surface area contributed by atoms with Gasteiger partial charge in [0.25, 0.3) is 0 Å². The van der Waals surface area contributed by atoms with Gasteiger partial charge in [-0.3, -0.25) is 4.79 Å². The molecule has 0 spiro atoms. The highest BCUT2D eigenvalue weighted by Crippen LogP contribution is 2.17. The Morgan fingerprint density at radius 3 is 2.22 bits per heavy atom. The van der Waals surface area contributed by atoms with Crippen LogP contribution in [0.4, 0.5) is 15.8 Å². The molecule has 2 rings (SSSR count). The van der Waals surface area contributed by atoms with E-state index >= 15 is 0 Å². The van der Waals surface area contributed by atoms with Crippen LogP contribution < -0.4 is 10.2 Å². The minimum absolute atomic E-state index is 0.218. The zero-order valence-corrected chi connectivity index (χ0v) is 13.4. The van der Waals surface area contributed by atoms with Crippen molar-refractivity contribution in [2.24, 2.45) is 0 Å². The molecule has 0 saturated carbocycles. The van der Waals surface area contributed by atoms with E-state index < -0.39 is 0 Å². The fourth-order valence-electron chi connectivity index (χ4n) is 2.27. The summed E-state index contributed by atoms with van der Waals surface area (Å²) >= 11 is 0. The van der Waals surface area contributed by atoms with E-state index in [0.29, 0.717) is 0 Å². The molecule has 23 heavy (non-hydrogen) atoms. The number of rotatable bonds is 6. The lowest BCUT2D eigenvalue weighted by Crippen LogP contribution is -2.21. The quantitative estimate of drug-likeness (QED) is 0.806. The van der Waals surface area contributed by atoms with Crippen LogP contribution in [-0.2, 0) is 4.79 Å². The Hall–Kier alpha value is -2.62. The van der Waals surface area contributed by atoms with Gasteiger partial charge in [-0.1, -0.05) is 12.1 Å². The minimum Gasteiger partial charge on any atom is -0.372 e. The molecule has 0 radical (unpaired) electrons. The molecule has 0 aliphatic heterocycles. The normalized spacial score (nSPS) is 10.7. The summed E-state index contributed by atoms with van der Waals surface area (Å²) in [5, 5.41) is 2.81. The van der Waals surface area contributed by atoms with Gasteiger partial charge in [-0.15, -0.1) is 0 Å². The number of benzene rings is 2. The van der Waals surface area contributed by atoms with Gasteiger partial charge in [-0.2, -0.15) is 0 Å². The molecule has 0 heterocycles. The second kappa shape index (κ2) is 8.13. The van der Waals surface area contributed by atoms with Gasteiger partial charge in [0, 0.05) is 30.5 Å². The Kier molecular flexibility index (Phi) is 5.92. The number of halogens is 1. The first kappa shape index (κ1) is 16.7. The van der Waals surface area contributed by atoms with Crippen LogP contribution in [0.25, 0.3) is 6.08 Å². The molecule has 1 amide bonds. The predicted molar refractivity (Wildman–Crippen MR) is 94.1 cm³/mol. The first-order valence-corrected chi connectivity index (χ1v) is 7.72. The summed E-state index contributed by atoms with van der Waals surface area (Å²) in [7, 11) is 0. The fraction of sp³-hybridized carbons (Fsp3) is 0.211. The number of nitrogens with zero attached hydrogens (tertiary/aromatic N) is 1. The van der Waals surface area contributed by atoms with E-state index in [1.807, 2.05) is 24.3 Å². The van der Waals surface area contributed by atoms with Crippen LogP contribution in [0.3, 0.4) is 0 Å². The molecule has 0 saturated heterocycles. The van der Waals surface area contributed by atoms with Crippen LogP contribution in [-0.4, -0.2) is 19.0 Å². The lowest BCUT2D eigenvalue weighted by atomic mass is 10.2. The van der Waals surface area contributed by atoms with Gasteiger partial charge >= 0.3 is 0 Å². The Labute approximate surface area is 136 Å². The molecule has 0 atom stereocenters. The SMILES string of the molecule is CCN(CC)c1ccc(NC(=O)C=Cc2ccc(F)cc2)cc1. The lowest BCUT2D eigenvalue weighted by Gasteiger charge is -2.21. The smallest absolute Gasteiger partial charge is 0.248 e. The topological polar surface area (TPSA) is 32.3 Å². The number of anilines is 2. The van der Waals surface area contributed by atoms with Crippen molar-refractivity contribution in [1.29, 1.82) is 0 Å². The molecule has 4 heteroatoms. The first-order valence-electron chi connectivity index (χ1n) is 7.72. The monoisotopic (exact) mass is 312 g/mol. The molecule has 0 aliphatic rings. The third kappa shape index (κ3) is 4.95. The Balaban J connectivity index is 1.96. The van der Waals surface area contributed by atoms with E-state index in [9.17, 15) is 9.18 Å². The molecule has 0 aliphatic carbocycles. The molecule has 1 N–H and O–H groups in total. The summed E-state index contributed by atoms with van der Waals surface area (Å²) in [6, 6.07) is 13.7. The maximum absolute atomic E-state index is 12.8. The molecule has 0 aromatic heterocycles. The van der Waals surface area contributed by atoms with Crippen LogP contribution in [0.2, 0.25) is 0 Å². The Bertz CT molecular complexity index is 659. The summed E-state index contributed by atoms with van der Waals surface area (Å²) in [6.07, 6.45) is 3.09. The number of amides is 1. The maximum Gasteiger partial charge on any atom is 0.248 e. The zero-order valence-electron chi connectivity index (χ0n) is 13.4. The van der Waals surface area contributed by atoms with E-state index in [-0.39, 0.29) is 11.7 Å². The van der Waals surface area contributed by atoms with Crippen molar-refractivity contribution in [1.82, 2.24) is 0 Å². The van der Waals surface area contributed by atoms with E-state index in [1.165, 1.54) is 18.2 Å². The highest BCUT2D eigenvalue weighted by Gasteiger charge is 2.02. The van der Waals surface area contributed by atoms with Gasteiger partial charge in [0.05, 0.1) is 0 Å². The standard InChI is InChI=1S/C19H21FN2O/c1-3-22(4-2)18-12-10-17(11-13-18)21-19(23)14-7-15-5-8-16(20)9-6-15/h5-14H,3-4H2,1-2H3,(H,21,23). The molecule has 120 valence electrons. The van der Waals surface area contributed by atoms with Crippen molar-refractivity contribution in [2.75, 3.05) is 23.3 Å². The largest absolute Gasteiger partial charge is 0.372 e. The van der Waals surface area contributed by atoms with Crippen LogP contribution in [0.5, 0.6) is 0 Å². The van der Waals surface area contributed by atoms with Crippen molar-refractivity contribution in [3.8, 4) is 0 Å². The molecule has 0 fully saturated rings. The van der Waals surface area contributed by atoms with E-state index in [4.69, 9.17) is 0 Å². The average Bonchev–Trinajstić information content (AvgIpc) is 2.57. The first-order chi connectivity index (χ1) is 11.1. The van der Waals surface area contributed by atoms with Crippen LogP contribution in [0, 0.1) is 5.82 Å². The Morgan fingerprint density at radius 1 is 1.04 bits per heavy atom. The van der Waals surface area contributed by atoms with Crippen molar-refractivity contribution in [2.45, 2.75) is 13.8 Å². The molecule has 3 nitrogen and oxygen atoms in total. The molecule has 2 aromatic rings. The zero-order chi connectivity index (χ0) is 16.7. The highest BCUT2D eigenvalue weighted by molar-refractivity contribution is 6.02. The summed E-state index contributed by atoms with van der Waals surface area (Å²) in [5.41, 5.74) is 2.66. The van der Waals surface area contributed by atoms with Crippen molar-refractivity contribution < 1.29 is 9.18 Å². The lowest BCUT2D eigenvalue weighted by molar-refractivity contribution is -0.111. The molecule has 0 bridgehead atoms. The molecular weight excluding hydrogens is 291 g/mol. The number of hydrogen-bond acceptors (Lipinski definition) is 2. The summed E-state index contributed by atoms with van der Waals surface area (Å²) in [5.74, 6) is -0.509. The van der Waals surface area contributed by atoms with Crippen LogP contribution in [0.1, 0.15) is 19.4 Å². The highest BCUT2D eigenvalue weighted by atomic mass is 19.1. The summed E-state index contributed by atoms with van der Waals surface area (Å²) < 4.78 is 12.8. The molecule has 0 unspecified atom stereocenters. The fourth-order valence-corrected chi connectivity index (χ4v) is 2.27. The predicted octanol–water partition coefficient (Wildman–Crippen LogP) is 4.32. The second-order valence-corrected chi connectivity index (χ2v) is 5.09. The number of carbonyl (C=O) groups is 1. The summed E-state index contributed by atoms with van der Waals surface area (Å²) in [4.78, 5) is 14.1. The molecular formula is C19H21FN2O. The van der Waals surface area contributed by atoms with Crippen LogP contribution in [0.15, 0.2) is 54.6 Å². The Morgan fingerprint density at radius 2 is 1.65 bits per heavy atom. The van der Waals surface area contributed by atoms with E-state index in [0.717, 1.165) is 30.0 Å². The van der Waals surface area contributed by atoms with Gasteiger partial charge in [-0.25, -0.2) is 4.39 Å². The van der Waals surface area contributed by atoms with Gasteiger partial charge < -0.3 is 10.2 Å². The third-order valence-electron chi connectivity index (χ3n) is 3.56. The number of nitrogens with one attached hydrogen (secondary N) is 1. The van der Waals surface area contributed by atoms with Gasteiger partial charge in [0.2, 0.25) is 5.91 Å². The molecule has 2 aromatic carbocycles. The summed E-state index contributed by atoms with van der Waals surface area (Å²) in [6.45, 7) is 6.12. The van der Waals surface area contributed by atoms with E-state index in [1.54, 1.807) is 18.2 Å². The minimum atomic E-state index is -0.292. The maximum atomic E-state index is 12.8. The third-order valence-corrected chi connectivity index (χ3v) is 3.56. The number of hydrogen-bond donors (Lipinski definition) is 1. The van der Waals surface area contributed by atoms with Gasteiger partial charge in [0.15, 0.2) is 0 Å². The van der Waals surface area contributed by atoms with E-state index in [2.05, 4.69) is 24.1 Å². The number of carbonyl (C=O) groups excluding carboxylic acids is 1. The van der Waals surface area contributed by atoms with Gasteiger partial charge in [-0.05, 0) is 61.9 Å². The average molecular weight is 312 g/mol. The van der Waals surface area contributed by atoms with Crippen molar-refractivity contribution >= 4 is 23.4 Å². The van der Waals surface area contributed by atoms with Gasteiger partial charge in [0.1, 0.15) is 5.82 Å². The second-order valence-electron chi connectivity index (χ2n) is 5.09. The van der Waals surface area contributed by atoms with Crippen molar-refractivity contribution in [3.05, 3.63) is 66.0 Å².